The maximum atomic E-state index is 5.97. The number of hydrogen-bond acceptors (Lipinski definition) is 5. The number of nitrogens with zero attached hydrogens (tertiary/aromatic N) is 2. The van der Waals surface area contributed by atoms with Gasteiger partial charge in [-0.15, -0.1) is 11.3 Å². The zero-order chi connectivity index (χ0) is 21.0. The molecule has 7 heteroatoms. The molecule has 2 fully saturated rings. The first-order valence-corrected chi connectivity index (χ1v) is 12.6. The highest BCUT2D eigenvalue weighted by Gasteiger charge is 2.25. The Labute approximate surface area is 186 Å². The number of piperidine rings is 1. The summed E-state index contributed by atoms with van der Waals surface area (Å²) in [5, 5.41) is 9.07. The van der Waals surface area contributed by atoms with E-state index >= 15 is 0 Å². The van der Waals surface area contributed by atoms with Gasteiger partial charge in [-0.3, -0.25) is 9.89 Å². The molecule has 0 radical (unpaired) electrons. The first-order valence-electron chi connectivity index (χ1n) is 11.7. The Kier molecular flexibility index (Phi) is 10.4. The fourth-order valence-electron chi connectivity index (χ4n) is 4.10. The molecule has 1 aromatic rings. The van der Waals surface area contributed by atoms with Gasteiger partial charge >= 0.3 is 0 Å². The van der Waals surface area contributed by atoms with Crippen molar-refractivity contribution >= 4 is 17.3 Å². The fourth-order valence-corrected chi connectivity index (χ4v) is 4.95. The van der Waals surface area contributed by atoms with E-state index in [1.165, 1.54) is 30.8 Å². The van der Waals surface area contributed by atoms with Gasteiger partial charge in [-0.25, -0.2) is 0 Å². The third kappa shape index (κ3) is 7.84. The lowest BCUT2D eigenvalue weighted by atomic mass is 9.97. The summed E-state index contributed by atoms with van der Waals surface area (Å²) in [6, 6.07) is 4.80. The number of rotatable bonds is 10. The summed E-state index contributed by atoms with van der Waals surface area (Å²) in [5.74, 6) is 1.76. The summed E-state index contributed by atoms with van der Waals surface area (Å²) in [6.45, 7) is 11.8. The molecule has 0 aliphatic carbocycles. The number of guanidine groups is 1. The summed E-state index contributed by atoms with van der Waals surface area (Å²) in [7, 11) is 0. The van der Waals surface area contributed by atoms with E-state index in [9.17, 15) is 0 Å². The quantitative estimate of drug-likeness (QED) is 0.333. The highest BCUT2D eigenvalue weighted by molar-refractivity contribution is 7.10. The van der Waals surface area contributed by atoms with Crippen molar-refractivity contribution < 1.29 is 9.47 Å². The topological polar surface area (TPSA) is 58.1 Å². The van der Waals surface area contributed by atoms with E-state index in [1.807, 2.05) is 11.3 Å². The minimum Gasteiger partial charge on any atom is -0.381 e. The van der Waals surface area contributed by atoms with Gasteiger partial charge in [-0.05, 0) is 69.5 Å². The van der Waals surface area contributed by atoms with E-state index in [0.29, 0.717) is 12.1 Å². The van der Waals surface area contributed by atoms with Gasteiger partial charge < -0.3 is 20.1 Å². The monoisotopic (exact) mass is 436 g/mol. The van der Waals surface area contributed by atoms with E-state index in [1.54, 1.807) is 0 Å². The van der Waals surface area contributed by atoms with Crippen LogP contribution in [0.1, 0.15) is 56.9 Å². The Bertz CT molecular complexity index is 596. The average molecular weight is 437 g/mol. The van der Waals surface area contributed by atoms with Gasteiger partial charge in [0, 0.05) is 37.8 Å². The van der Waals surface area contributed by atoms with Gasteiger partial charge in [0.2, 0.25) is 0 Å². The van der Waals surface area contributed by atoms with Crippen molar-refractivity contribution in [2.45, 2.75) is 58.1 Å². The molecule has 3 heterocycles. The summed E-state index contributed by atoms with van der Waals surface area (Å²) in [6.07, 6.45) is 5.99. The highest BCUT2D eigenvalue weighted by atomic mass is 32.1. The van der Waals surface area contributed by atoms with Crippen LogP contribution in [0.5, 0.6) is 0 Å². The normalized spacial score (nSPS) is 20.9. The number of ether oxygens (including phenoxy) is 2. The minimum absolute atomic E-state index is 0.375. The second-order valence-corrected chi connectivity index (χ2v) is 9.41. The van der Waals surface area contributed by atoms with Gasteiger partial charge in [0.25, 0.3) is 0 Å². The molecular weight excluding hydrogens is 396 g/mol. The molecule has 0 bridgehead atoms. The van der Waals surface area contributed by atoms with Gasteiger partial charge in [0.15, 0.2) is 5.96 Å². The summed E-state index contributed by atoms with van der Waals surface area (Å²) in [4.78, 5) is 9.00. The molecule has 1 unspecified atom stereocenters. The van der Waals surface area contributed by atoms with E-state index in [0.717, 1.165) is 70.6 Å². The van der Waals surface area contributed by atoms with Crippen molar-refractivity contribution in [3.63, 3.8) is 0 Å². The largest absolute Gasteiger partial charge is 0.381 e. The van der Waals surface area contributed by atoms with Crippen molar-refractivity contribution in [3.05, 3.63) is 22.4 Å². The van der Waals surface area contributed by atoms with Crippen molar-refractivity contribution in [3.8, 4) is 0 Å². The molecule has 2 aliphatic rings. The van der Waals surface area contributed by atoms with Crippen LogP contribution in [0.4, 0.5) is 0 Å². The number of nitrogens with one attached hydrogen (secondary N) is 2. The smallest absolute Gasteiger partial charge is 0.191 e. The molecule has 2 saturated heterocycles. The molecule has 30 heavy (non-hydrogen) atoms. The first-order chi connectivity index (χ1) is 14.8. The molecular formula is C23H40N4O2S. The van der Waals surface area contributed by atoms with Crippen LogP contribution in [-0.4, -0.2) is 69.5 Å². The molecule has 1 atom stereocenters. The zero-order valence-corrected chi connectivity index (χ0v) is 19.6. The second-order valence-electron chi connectivity index (χ2n) is 8.43. The fraction of sp³-hybridized carbons (Fsp3) is 0.783. The van der Waals surface area contributed by atoms with E-state index < -0.39 is 0 Å². The summed E-state index contributed by atoms with van der Waals surface area (Å²) < 4.78 is 11.4. The summed E-state index contributed by atoms with van der Waals surface area (Å²) >= 11 is 1.85. The molecule has 1 aromatic heterocycles. The van der Waals surface area contributed by atoms with E-state index in [2.05, 4.69) is 46.9 Å². The lowest BCUT2D eigenvalue weighted by Gasteiger charge is -2.35. The van der Waals surface area contributed by atoms with Crippen LogP contribution in [0, 0.1) is 5.92 Å². The van der Waals surface area contributed by atoms with Crippen LogP contribution in [-0.2, 0) is 9.47 Å². The van der Waals surface area contributed by atoms with Crippen LogP contribution in [0.3, 0.4) is 0 Å². The Morgan fingerprint density at radius 3 is 2.77 bits per heavy atom. The Morgan fingerprint density at radius 1 is 1.27 bits per heavy atom. The minimum atomic E-state index is 0.375. The summed E-state index contributed by atoms with van der Waals surface area (Å²) in [5.41, 5.74) is 0. The molecule has 0 saturated carbocycles. The third-order valence-electron chi connectivity index (χ3n) is 6.03. The van der Waals surface area contributed by atoms with Crippen LogP contribution in [0.25, 0.3) is 0 Å². The molecule has 3 rings (SSSR count). The Balaban J connectivity index is 1.47. The maximum absolute atomic E-state index is 5.97. The van der Waals surface area contributed by atoms with Gasteiger partial charge in [-0.2, -0.15) is 0 Å². The van der Waals surface area contributed by atoms with Crippen LogP contribution >= 0.6 is 11.3 Å². The number of thiophene rings is 1. The molecule has 0 aromatic carbocycles. The lowest BCUT2D eigenvalue weighted by Crippen LogP contribution is -2.40. The standard InChI is InChI=1S/C23H40N4O2S/c1-3-24-23(25-11-5-14-29-20-9-15-28-16-10-20)26-18-21(22-6-4-17-30-22)27-12-7-19(2)8-13-27/h4,6,17,19-21H,3,5,7-16,18H2,1-2H3,(H2,24,25,26). The Morgan fingerprint density at radius 2 is 2.07 bits per heavy atom. The molecule has 2 aliphatic heterocycles. The van der Waals surface area contributed by atoms with E-state index in [4.69, 9.17) is 14.5 Å². The second kappa shape index (κ2) is 13.3. The molecule has 0 amide bonds. The third-order valence-corrected chi connectivity index (χ3v) is 7.01. The van der Waals surface area contributed by atoms with Gasteiger partial charge in [0.05, 0.1) is 18.7 Å². The van der Waals surface area contributed by atoms with Crippen molar-refractivity contribution in [2.75, 3.05) is 52.5 Å². The van der Waals surface area contributed by atoms with Crippen molar-refractivity contribution in [1.82, 2.24) is 15.5 Å². The predicted molar refractivity (Wildman–Crippen MR) is 125 cm³/mol. The van der Waals surface area contributed by atoms with Crippen LogP contribution in [0.15, 0.2) is 22.5 Å². The number of aliphatic imine (C=N–C) groups is 1. The highest BCUT2D eigenvalue weighted by Crippen LogP contribution is 2.29. The van der Waals surface area contributed by atoms with Crippen LogP contribution in [0.2, 0.25) is 0 Å². The first kappa shape index (κ1) is 23.5. The van der Waals surface area contributed by atoms with Crippen molar-refractivity contribution in [1.29, 1.82) is 0 Å². The van der Waals surface area contributed by atoms with Crippen LogP contribution < -0.4 is 10.6 Å². The molecule has 2 N–H and O–H groups in total. The number of hydrogen-bond donors (Lipinski definition) is 2. The van der Waals surface area contributed by atoms with Gasteiger partial charge in [-0.1, -0.05) is 13.0 Å². The molecule has 0 spiro atoms. The lowest BCUT2D eigenvalue weighted by molar-refractivity contribution is -0.0320. The van der Waals surface area contributed by atoms with Crippen molar-refractivity contribution in [2.24, 2.45) is 10.9 Å². The Hall–Kier alpha value is -1.15. The molecule has 6 nitrogen and oxygen atoms in total. The van der Waals surface area contributed by atoms with E-state index in [-0.39, 0.29) is 0 Å². The predicted octanol–water partition coefficient (Wildman–Crippen LogP) is 3.66. The maximum Gasteiger partial charge on any atom is 0.191 e. The molecule has 170 valence electrons. The SMILES string of the molecule is CCNC(=NCC(c1cccs1)N1CCC(C)CC1)NCCCOC1CCOCC1. The zero-order valence-electron chi connectivity index (χ0n) is 18.8. The van der Waals surface area contributed by atoms with Gasteiger partial charge in [0.1, 0.15) is 0 Å². The number of likely N-dealkylation sites (tertiary alicyclic amines) is 1. The average Bonchev–Trinajstić information content (AvgIpc) is 3.30.